The lowest BCUT2D eigenvalue weighted by atomic mass is 10.1. The molecule has 21 heavy (non-hydrogen) atoms. The summed E-state index contributed by atoms with van der Waals surface area (Å²) in [5.74, 6) is 0. The lowest BCUT2D eigenvalue weighted by molar-refractivity contribution is -0.0508. The quantitative estimate of drug-likeness (QED) is 0.511. The largest absolute Gasteiger partial charge is 0.394 e. The first-order valence-electron chi connectivity index (χ1n) is 6.19. The number of H-pyrrole nitrogens is 1. The fourth-order valence-corrected chi connectivity index (χ4v) is 2.48. The van der Waals surface area contributed by atoms with Gasteiger partial charge >= 0.3 is 0 Å². The van der Waals surface area contributed by atoms with E-state index in [2.05, 4.69) is 9.97 Å². The average molecular weight is 292 g/mol. The van der Waals surface area contributed by atoms with Crippen LogP contribution in [0, 0.1) is 11.3 Å². The van der Waals surface area contributed by atoms with E-state index in [1.165, 1.54) is 17.1 Å². The molecule has 4 N–H and O–H groups in total. The minimum atomic E-state index is -1.31. The van der Waals surface area contributed by atoms with Crippen molar-refractivity contribution in [1.82, 2.24) is 14.5 Å². The number of aromatic amines is 1. The molecule has 4 atom stereocenters. The molecule has 2 aromatic heterocycles. The molecule has 0 aromatic carbocycles. The maximum Gasteiger partial charge on any atom is 0.261 e. The molecule has 9 heteroatoms. The van der Waals surface area contributed by atoms with Crippen molar-refractivity contribution in [1.29, 1.82) is 5.26 Å². The molecule has 9 nitrogen and oxygen atoms in total. The number of fused-ring (bicyclic) bond motifs is 1. The summed E-state index contributed by atoms with van der Waals surface area (Å²) < 4.78 is 6.69. The van der Waals surface area contributed by atoms with Crippen molar-refractivity contribution in [2.24, 2.45) is 0 Å². The second-order valence-corrected chi connectivity index (χ2v) is 4.72. The first-order valence-corrected chi connectivity index (χ1v) is 6.19. The first-order chi connectivity index (χ1) is 10.1. The number of rotatable bonds is 2. The number of hydrogen-bond donors (Lipinski definition) is 4. The number of hydrogen-bond acceptors (Lipinski definition) is 7. The van der Waals surface area contributed by atoms with Crippen LogP contribution in [-0.2, 0) is 4.74 Å². The van der Waals surface area contributed by atoms with Crippen molar-refractivity contribution in [2.45, 2.75) is 24.5 Å². The van der Waals surface area contributed by atoms with Crippen LogP contribution in [-0.4, -0.2) is 54.8 Å². The minimum absolute atomic E-state index is 0.0806. The molecular weight excluding hydrogens is 280 g/mol. The van der Waals surface area contributed by atoms with E-state index in [4.69, 9.17) is 15.1 Å². The summed E-state index contributed by atoms with van der Waals surface area (Å²) in [4.78, 5) is 18.2. The highest BCUT2D eigenvalue weighted by atomic mass is 16.6. The average Bonchev–Trinajstić information content (AvgIpc) is 2.99. The maximum absolute atomic E-state index is 11.8. The second-order valence-electron chi connectivity index (χ2n) is 4.72. The van der Waals surface area contributed by atoms with Crippen LogP contribution in [0.5, 0.6) is 0 Å². The molecule has 0 amide bonds. The normalized spacial score (nSPS) is 28.9. The predicted molar refractivity (Wildman–Crippen MR) is 68.1 cm³/mol. The lowest BCUT2D eigenvalue weighted by Gasteiger charge is -2.16. The Bertz CT molecular complexity index is 776. The molecular formula is C12H12N4O5. The third-order valence-electron chi connectivity index (χ3n) is 3.53. The number of aliphatic hydroxyl groups is 3. The van der Waals surface area contributed by atoms with Crippen LogP contribution < -0.4 is 5.56 Å². The van der Waals surface area contributed by atoms with Gasteiger partial charge in [0.15, 0.2) is 11.9 Å². The van der Waals surface area contributed by atoms with Gasteiger partial charge < -0.3 is 29.6 Å². The Morgan fingerprint density at radius 2 is 2.24 bits per heavy atom. The van der Waals surface area contributed by atoms with Crippen LogP contribution in [0.25, 0.3) is 11.0 Å². The molecule has 1 saturated heterocycles. The van der Waals surface area contributed by atoms with Crippen LogP contribution in [0.15, 0.2) is 17.3 Å². The molecule has 2 aromatic rings. The van der Waals surface area contributed by atoms with Crippen molar-refractivity contribution in [2.75, 3.05) is 6.61 Å². The Kier molecular flexibility index (Phi) is 3.23. The van der Waals surface area contributed by atoms with Crippen LogP contribution >= 0.6 is 0 Å². The van der Waals surface area contributed by atoms with Crippen molar-refractivity contribution < 1.29 is 20.1 Å². The number of aromatic nitrogens is 3. The Hall–Kier alpha value is -2.25. The fraction of sp³-hybridized carbons (Fsp3) is 0.417. The smallest absolute Gasteiger partial charge is 0.261 e. The third kappa shape index (κ3) is 1.93. The number of nitrogens with one attached hydrogen (secondary N) is 1. The highest BCUT2D eigenvalue weighted by Crippen LogP contribution is 2.32. The number of nitriles is 1. The van der Waals surface area contributed by atoms with Crippen LogP contribution in [0.2, 0.25) is 0 Å². The van der Waals surface area contributed by atoms with E-state index >= 15 is 0 Å². The van der Waals surface area contributed by atoms with E-state index in [1.807, 2.05) is 6.07 Å². The van der Waals surface area contributed by atoms with Gasteiger partial charge in [0.1, 0.15) is 29.8 Å². The van der Waals surface area contributed by atoms with Gasteiger partial charge in [-0.15, -0.1) is 0 Å². The van der Waals surface area contributed by atoms with Crippen LogP contribution in [0.4, 0.5) is 0 Å². The molecule has 110 valence electrons. The molecule has 0 saturated carbocycles. The van der Waals surface area contributed by atoms with Gasteiger partial charge in [-0.2, -0.15) is 5.26 Å². The molecule has 0 radical (unpaired) electrons. The Morgan fingerprint density at radius 1 is 1.48 bits per heavy atom. The fourth-order valence-electron chi connectivity index (χ4n) is 2.48. The van der Waals surface area contributed by atoms with Crippen LogP contribution in [0.1, 0.15) is 11.8 Å². The summed E-state index contributed by atoms with van der Waals surface area (Å²) >= 11 is 0. The Labute approximate surface area is 117 Å². The van der Waals surface area contributed by atoms with E-state index < -0.39 is 36.7 Å². The van der Waals surface area contributed by atoms with Crippen molar-refractivity contribution >= 4 is 11.0 Å². The summed E-state index contributed by atoms with van der Waals surface area (Å²) in [6, 6.07) is 1.88. The molecule has 1 aliphatic heterocycles. The zero-order valence-corrected chi connectivity index (χ0v) is 10.7. The lowest BCUT2D eigenvalue weighted by Crippen LogP contribution is -2.33. The molecule has 0 bridgehead atoms. The molecule has 1 fully saturated rings. The maximum atomic E-state index is 11.8. The number of ether oxygens (including phenoxy) is 1. The highest BCUT2D eigenvalue weighted by molar-refractivity contribution is 5.82. The van der Waals surface area contributed by atoms with Crippen molar-refractivity contribution in [3.05, 3.63) is 28.4 Å². The zero-order valence-electron chi connectivity index (χ0n) is 10.7. The first kappa shape index (κ1) is 13.7. The van der Waals surface area contributed by atoms with Gasteiger partial charge in [0.05, 0.1) is 18.5 Å². The third-order valence-corrected chi connectivity index (χ3v) is 3.53. The van der Waals surface area contributed by atoms with E-state index in [1.54, 1.807) is 0 Å². The van der Waals surface area contributed by atoms with E-state index in [0.29, 0.717) is 0 Å². The molecule has 2 unspecified atom stereocenters. The van der Waals surface area contributed by atoms with E-state index in [9.17, 15) is 15.0 Å². The second kappa shape index (κ2) is 4.94. The summed E-state index contributed by atoms with van der Waals surface area (Å²) in [6.07, 6.45) is -2.09. The van der Waals surface area contributed by atoms with Gasteiger partial charge in [0, 0.05) is 6.20 Å². The number of nitrogens with zero attached hydrogens (tertiary/aromatic N) is 3. The standard InChI is InChI=1S/C12H12N4O5/c13-1-5-2-16(10-7(5)11(20)15-4-14-10)12-9(19)8(18)6(3-17)21-12/h2,4,6,8-9,12,17-19H,3H2,(H,14,15,20)/t6-,8?,9?,12-/m1/s1. The summed E-state index contributed by atoms with van der Waals surface area (Å²) in [5, 5.41) is 38.1. The zero-order chi connectivity index (χ0) is 15.1. The summed E-state index contributed by atoms with van der Waals surface area (Å²) in [5.41, 5.74) is -0.246. The predicted octanol–water partition coefficient (Wildman–Crippen LogP) is -1.79. The van der Waals surface area contributed by atoms with Gasteiger partial charge in [-0.05, 0) is 0 Å². The molecule has 0 spiro atoms. The Morgan fingerprint density at radius 3 is 2.86 bits per heavy atom. The van der Waals surface area contributed by atoms with E-state index in [0.717, 1.165) is 0 Å². The van der Waals surface area contributed by atoms with Crippen molar-refractivity contribution in [3.8, 4) is 6.07 Å². The molecule has 3 rings (SSSR count). The highest BCUT2D eigenvalue weighted by Gasteiger charge is 2.44. The monoisotopic (exact) mass is 292 g/mol. The topological polar surface area (TPSA) is 144 Å². The number of aliphatic hydroxyl groups excluding tert-OH is 3. The van der Waals surface area contributed by atoms with Gasteiger partial charge in [-0.25, -0.2) is 4.98 Å². The Balaban J connectivity index is 2.17. The van der Waals surface area contributed by atoms with Gasteiger partial charge in [-0.3, -0.25) is 4.79 Å². The molecule has 1 aliphatic rings. The van der Waals surface area contributed by atoms with Crippen LogP contribution in [0.3, 0.4) is 0 Å². The van der Waals surface area contributed by atoms with Gasteiger partial charge in [-0.1, -0.05) is 0 Å². The SMILES string of the molecule is N#Cc1cn([C@@H]2O[C@H](CO)C(O)C2O)c2nc[nH]c(=O)c12. The van der Waals surface area contributed by atoms with E-state index in [-0.39, 0.29) is 16.6 Å². The van der Waals surface area contributed by atoms with Crippen molar-refractivity contribution in [3.63, 3.8) is 0 Å². The van der Waals surface area contributed by atoms with Gasteiger partial charge in [0.25, 0.3) is 5.56 Å². The molecule has 0 aliphatic carbocycles. The summed E-state index contributed by atoms with van der Waals surface area (Å²) in [7, 11) is 0. The summed E-state index contributed by atoms with van der Waals surface area (Å²) in [6.45, 7) is -0.465. The minimum Gasteiger partial charge on any atom is -0.394 e. The van der Waals surface area contributed by atoms with Gasteiger partial charge in [0.2, 0.25) is 0 Å². The molecule has 3 heterocycles.